The van der Waals surface area contributed by atoms with Crippen LogP contribution in [0.1, 0.15) is 25.6 Å². The van der Waals surface area contributed by atoms with Crippen molar-refractivity contribution in [3.05, 3.63) is 18.0 Å². The summed E-state index contributed by atoms with van der Waals surface area (Å²) >= 11 is 1.86. The standard InChI is InChI=1S/C10H19N3S/c1-4-11-9(8-14-3)10-6-7-12-13(10)5-2/h6-7,9,11H,4-5,8H2,1-3H3. The quantitative estimate of drug-likeness (QED) is 0.783. The van der Waals surface area contributed by atoms with E-state index in [1.807, 2.05) is 18.0 Å². The molecule has 0 amide bonds. The molecule has 14 heavy (non-hydrogen) atoms. The van der Waals surface area contributed by atoms with Crippen molar-refractivity contribution < 1.29 is 0 Å². The summed E-state index contributed by atoms with van der Waals surface area (Å²) in [5, 5.41) is 7.77. The Kier molecular flexibility index (Phi) is 5.04. The lowest BCUT2D eigenvalue weighted by Crippen LogP contribution is -2.25. The molecule has 0 fully saturated rings. The van der Waals surface area contributed by atoms with Crippen molar-refractivity contribution >= 4 is 11.8 Å². The Hall–Kier alpha value is -0.480. The van der Waals surface area contributed by atoms with Crippen molar-refractivity contribution in [1.82, 2.24) is 15.1 Å². The molecular formula is C10H19N3S. The number of rotatable bonds is 6. The van der Waals surface area contributed by atoms with Crippen molar-refractivity contribution in [3.63, 3.8) is 0 Å². The van der Waals surface area contributed by atoms with Gasteiger partial charge in [-0.25, -0.2) is 0 Å². The highest BCUT2D eigenvalue weighted by atomic mass is 32.2. The van der Waals surface area contributed by atoms with Crippen molar-refractivity contribution in [1.29, 1.82) is 0 Å². The Bertz CT molecular complexity index is 254. The van der Waals surface area contributed by atoms with E-state index in [1.54, 1.807) is 0 Å². The van der Waals surface area contributed by atoms with Gasteiger partial charge in [0.05, 0.1) is 11.7 Å². The first-order valence-electron chi connectivity index (χ1n) is 5.07. The molecule has 0 aromatic carbocycles. The Morgan fingerprint density at radius 1 is 1.57 bits per heavy atom. The number of hydrogen-bond acceptors (Lipinski definition) is 3. The van der Waals surface area contributed by atoms with Gasteiger partial charge in [-0.1, -0.05) is 6.92 Å². The molecule has 0 saturated carbocycles. The zero-order valence-corrected chi connectivity index (χ0v) is 9.97. The van der Waals surface area contributed by atoms with Crippen LogP contribution in [0, 0.1) is 0 Å². The van der Waals surface area contributed by atoms with Crippen molar-refractivity contribution in [3.8, 4) is 0 Å². The second kappa shape index (κ2) is 6.09. The molecule has 3 nitrogen and oxygen atoms in total. The van der Waals surface area contributed by atoms with E-state index < -0.39 is 0 Å². The predicted molar refractivity (Wildman–Crippen MR) is 62.7 cm³/mol. The first-order chi connectivity index (χ1) is 6.83. The van der Waals surface area contributed by atoms with Gasteiger partial charge in [0.25, 0.3) is 0 Å². The lowest BCUT2D eigenvalue weighted by Gasteiger charge is -2.17. The molecular weight excluding hydrogens is 194 g/mol. The summed E-state index contributed by atoms with van der Waals surface area (Å²) in [4.78, 5) is 0. The van der Waals surface area contributed by atoms with E-state index in [-0.39, 0.29) is 0 Å². The number of aromatic nitrogens is 2. The minimum Gasteiger partial charge on any atom is -0.308 e. The van der Waals surface area contributed by atoms with Crippen LogP contribution in [0.15, 0.2) is 12.3 Å². The fraction of sp³-hybridized carbons (Fsp3) is 0.700. The highest BCUT2D eigenvalue weighted by Crippen LogP contribution is 2.16. The summed E-state index contributed by atoms with van der Waals surface area (Å²) in [6.45, 7) is 6.21. The van der Waals surface area contributed by atoms with Crippen molar-refractivity contribution in [2.45, 2.75) is 26.4 Å². The maximum atomic E-state index is 4.29. The molecule has 1 aromatic heterocycles. The average Bonchev–Trinajstić information content (AvgIpc) is 2.65. The first kappa shape index (κ1) is 11.6. The molecule has 0 aliphatic rings. The monoisotopic (exact) mass is 213 g/mol. The first-order valence-corrected chi connectivity index (χ1v) is 6.46. The number of nitrogens with one attached hydrogen (secondary N) is 1. The van der Waals surface area contributed by atoms with Gasteiger partial charge in [-0.05, 0) is 25.8 Å². The van der Waals surface area contributed by atoms with Crippen LogP contribution in [0.5, 0.6) is 0 Å². The number of aryl methyl sites for hydroxylation is 1. The molecule has 1 atom stereocenters. The highest BCUT2D eigenvalue weighted by Gasteiger charge is 2.13. The summed E-state index contributed by atoms with van der Waals surface area (Å²) < 4.78 is 2.06. The molecule has 80 valence electrons. The molecule has 0 radical (unpaired) electrons. The van der Waals surface area contributed by atoms with E-state index in [0.29, 0.717) is 6.04 Å². The van der Waals surface area contributed by atoms with E-state index in [0.717, 1.165) is 18.8 Å². The Balaban J connectivity index is 2.75. The van der Waals surface area contributed by atoms with Gasteiger partial charge < -0.3 is 5.32 Å². The molecule has 0 bridgehead atoms. The van der Waals surface area contributed by atoms with Crippen LogP contribution in [-0.4, -0.2) is 28.3 Å². The summed E-state index contributed by atoms with van der Waals surface area (Å²) in [6.07, 6.45) is 4.01. The van der Waals surface area contributed by atoms with E-state index in [4.69, 9.17) is 0 Å². The normalized spacial score (nSPS) is 13.1. The maximum absolute atomic E-state index is 4.29. The molecule has 1 aromatic rings. The Morgan fingerprint density at radius 3 is 2.93 bits per heavy atom. The third kappa shape index (κ3) is 2.75. The molecule has 1 heterocycles. The van der Waals surface area contributed by atoms with Gasteiger partial charge in [-0.2, -0.15) is 16.9 Å². The number of thioether (sulfide) groups is 1. The zero-order chi connectivity index (χ0) is 10.4. The topological polar surface area (TPSA) is 29.9 Å². The molecule has 1 unspecified atom stereocenters. The van der Waals surface area contributed by atoms with Crippen LogP contribution in [0.25, 0.3) is 0 Å². The van der Waals surface area contributed by atoms with E-state index in [1.165, 1.54) is 5.69 Å². The van der Waals surface area contributed by atoms with E-state index in [9.17, 15) is 0 Å². The van der Waals surface area contributed by atoms with Gasteiger partial charge in [0, 0.05) is 18.5 Å². The highest BCUT2D eigenvalue weighted by molar-refractivity contribution is 7.98. The van der Waals surface area contributed by atoms with Gasteiger partial charge in [0.2, 0.25) is 0 Å². The second-order valence-electron chi connectivity index (χ2n) is 3.14. The second-order valence-corrected chi connectivity index (χ2v) is 4.05. The SMILES string of the molecule is CCNC(CSC)c1ccnn1CC. The summed E-state index contributed by atoms with van der Waals surface area (Å²) in [7, 11) is 0. The predicted octanol–water partition coefficient (Wildman–Crippen LogP) is 1.92. The smallest absolute Gasteiger partial charge is 0.0583 e. The van der Waals surface area contributed by atoms with Crippen LogP contribution in [0.3, 0.4) is 0 Å². The molecule has 0 saturated heterocycles. The number of hydrogen-bond donors (Lipinski definition) is 1. The Morgan fingerprint density at radius 2 is 2.36 bits per heavy atom. The van der Waals surface area contributed by atoms with Gasteiger partial charge in [0.15, 0.2) is 0 Å². The van der Waals surface area contributed by atoms with Gasteiger partial charge >= 0.3 is 0 Å². The van der Waals surface area contributed by atoms with E-state index in [2.05, 4.69) is 41.3 Å². The van der Waals surface area contributed by atoms with Gasteiger partial charge in [0.1, 0.15) is 0 Å². The largest absolute Gasteiger partial charge is 0.308 e. The minimum atomic E-state index is 0.428. The third-order valence-electron chi connectivity index (χ3n) is 2.19. The maximum Gasteiger partial charge on any atom is 0.0583 e. The average molecular weight is 213 g/mol. The van der Waals surface area contributed by atoms with Gasteiger partial charge in [-0.3, -0.25) is 4.68 Å². The Labute approximate surface area is 90.3 Å². The van der Waals surface area contributed by atoms with Crippen LogP contribution < -0.4 is 5.32 Å². The lowest BCUT2D eigenvalue weighted by atomic mass is 10.2. The zero-order valence-electron chi connectivity index (χ0n) is 9.16. The molecule has 1 N–H and O–H groups in total. The minimum absolute atomic E-state index is 0.428. The fourth-order valence-electron chi connectivity index (χ4n) is 1.57. The fourth-order valence-corrected chi connectivity index (χ4v) is 2.19. The molecule has 0 aliphatic heterocycles. The lowest BCUT2D eigenvalue weighted by molar-refractivity contribution is 0.527. The summed E-state index contributed by atoms with van der Waals surface area (Å²) in [5.41, 5.74) is 1.30. The molecule has 4 heteroatoms. The molecule has 1 rings (SSSR count). The van der Waals surface area contributed by atoms with Crippen LogP contribution >= 0.6 is 11.8 Å². The van der Waals surface area contributed by atoms with Gasteiger partial charge in [-0.15, -0.1) is 0 Å². The summed E-state index contributed by atoms with van der Waals surface area (Å²) in [5.74, 6) is 1.10. The third-order valence-corrected chi connectivity index (χ3v) is 2.86. The molecule has 0 spiro atoms. The number of nitrogens with zero attached hydrogens (tertiary/aromatic N) is 2. The van der Waals surface area contributed by atoms with E-state index >= 15 is 0 Å². The van der Waals surface area contributed by atoms with Crippen LogP contribution in [-0.2, 0) is 6.54 Å². The molecule has 0 aliphatic carbocycles. The van der Waals surface area contributed by atoms with Crippen molar-refractivity contribution in [2.75, 3.05) is 18.6 Å². The van der Waals surface area contributed by atoms with Crippen molar-refractivity contribution in [2.24, 2.45) is 0 Å². The van der Waals surface area contributed by atoms with Crippen LogP contribution in [0.2, 0.25) is 0 Å². The van der Waals surface area contributed by atoms with Crippen LogP contribution in [0.4, 0.5) is 0 Å². The summed E-state index contributed by atoms with van der Waals surface area (Å²) in [6, 6.07) is 2.53.